The quantitative estimate of drug-likeness (QED) is 0.621. The number of carbonyl (C=O) groups is 2. The summed E-state index contributed by atoms with van der Waals surface area (Å²) in [5.41, 5.74) is 7.11. The smallest absolute Gasteiger partial charge is 0.231 e. The Hall–Kier alpha value is -1.84. The third-order valence-corrected chi connectivity index (χ3v) is 3.01. The molecule has 1 aliphatic rings. The monoisotopic (exact) mass is 232 g/mol. The second kappa shape index (κ2) is 4.20. The number of hydrogen-bond acceptors (Lipinski definition) is 3. The fourth-order valence-electron chi connectivity index (χ4n) is 2.25. The summed E-state index contributed by atoms with van der Waals surface area (Å²) in [6.45, 7) is 3.83. The van der Waals surface area contributed by atoms with E-state index in [9.17, 15) is 9.59 Å². The number of benzene rings is 1. The van der Waals surface area contributed by atoms with Crippen molar-refractivity contribution in [3.63, 3.8) is 0 Å². The summed E-state index contributed by atoms with van der Waals surface area (Å²) in [6.07, 6.45) is 0.00717. The van der Waals surface area contributed by atoms with Crippen LogP contribution in [-0.2, 0) is 9.59 Å². The Morgan fingerprint density at radius 2 is 1.82 bits per heavy atom. The van der Waals surface area contributed by atoms with Crippen molar-refractivity contribution in [3.8, 4) is 0 Å². The average molecular weight is 232 g/mol. The summed E-state index contributed by atoms with van der Waals surface area (Å²) in [5.74, 6) is -0.125. The number of nitrogens with zero attached hydrogens (tertiary/aromatic N) is 1. The Morgan fingerprint density at radius 3 is 2.35 bits per heavy atom. The molecule has 0 spiro atoms. The highest BCUT2D eigenvalue weighted by atomic mass is 16.2. The molecule has 1 aliphatic heterocycles. The first-order valence-electron chi connectivity index (χ1n) is 5.70. The average Bonchev–Trinajstić information content (AvgIpc) is 2.55. The van der Waals surface area contributed by atoms with Crippen molar-refractivity contribution in [2.24, 2.45) is 0 Å². The number of carbonyl (C=O) groups excluding carboxylic acids is 2. The van der Waals surface area contributed by atoms with Crippen LogP contribution in [0.3, 0.4) is 0 Å². The number of Topliss-reactive ketones (excluding diaryl/α,β-unsaturated/α-hetero) is 1. The van der Waals surface area contributed by atoms with E-state index in [1.807, 2.05) is 26.0 Å². The van der Waals surface area contributed by atoms with E-state index in [4.69, 9.17) is 5.73 Å². The molecule has 1 saturated heterocycles. The number of nitrogen functional groups attached to an aromatic ring is 1. The van der Waals surface area contributed by atoms with E-state index in [-0.39, 0.29) is 24.2 Å². The molecule has 0 radical (unpaired) electrons. The fourth-order valence-corrected chi connectivity index (χ4v) is 2.25. The first-order valence-corrected chi connectivity index (χ1v) is 5.70. The van der Waals surface area contributed by atoms with Gasteiger partial charge in [-0.15, -0.1) is 0 Å². The van der Waals surface area contributed by atoms with Crippen LogP contribution in [0.15, 0.2) is 24.3 Å². The van der Waals surface area contributed by atoms with Crippen molar-refractivity contribution in [3.05, 3.63) is 29.8 Å². The Labute approximate surface area is 100 Å². The Bertz CT molecular complexity index is 451. The number of amides is 1. The molecule has 0 aliphatic carbocycles. The SMILES string of the molecule is CC(C)N1C(=O)CC(=O)C1c1ccc(N)cc1. The number of likely N-dealkylation sites (tertiary alicyclic amines) is 1. The van der Waals surface area contributed by atoms with Crippen LogP contribution in [0.4, 0.5) is 5.69 Å². The predicted octanol–water partition coefficient (Wildman–Crippen LogP) is 1.52. The molecule has 1 aromatic rings. The van der Waals surface area contributed by atoms with E-state index in [0.717, 1.165) is 5.56 Å². The van der Waals surface area contributed by atoms with Gasteiger partial charge >= 0.3 is 0 Å². The summed E-state index contributed by atoms with van der Waals surface area (Å²) < 4.78 is 0. The molecular weight excluding hydrogens is 216 g/mol. The molecule has 1 unspecified atom stereocenters. The van der Waals surface area contributed by atoms with Crippen molar-refractivity contribution < 1.29 is 9.59 Å². The molecule has 0 saturated carbocycles. The lowest BCUT2D eigenvalue weighted by Gasteiger charge is -2.27. The third-order valence-electron chi connectivity index (χ3n) is 3.01. The van der Waals surface area contributed by atoms with Gasteiger partial charge in [-0.05, 0) is 31.5 Å². The van der Waals surface area contributed by atoms with Crippen molar-refractivity contribution >= 4 is 17.4 Å². The fraction of sp³-hybridized carbons (Fsp3) is 0.385. The maximum Gasteiger partial charge on any atom is 0.231 e. The highest BCUT2D eigenvalue weighted by Gasteiger charge is 2.40. The Balaban J connectivity index is 2.38. The van der Waals surface area contributed by atoms with Crippen LogP contribution in [0.5, 0.6) is 0 Å². The second-order valence-corrected chi connectivity index (χ2v) is 4.61. The number of hydrogen-bond donors (Lipinski definition) is 1. The lowest BCUT2D eigenvalue weighted by molar-refractivity contribution is -0.130. The maximum absolute atomic E-state index is 11.9. The predicted molar refractivity (Wildman–Crippen MR) is 65.2 cm³/mol. The van der Waals surface area contributed by atoms with Gasteiger partial charge in [0.25, 0.3) is 0 Å². The van der Waals surface area contributed by atoms with Crippen molar-refractivity contribution in [1.29, 1.82) is 0 Å². The van der Waals surface area contributed by atoms with Crippen LogP contribution in [0.25, 0.3) is 0 Å². The summed E-state index contributed by atoms with van der Waals surface area (Å²) in [5, 5.41) is 0. The standard InChI is InChI=1S/C13H16N2O2/c1-8(2)15-12(17)7-11(16)13(15)9-3-5-10(14)6-4-9/h3-6,8,13H,7,14H2,1-2H3. The number of anilines is 1. The van der Waals surface area contributed by atoms with Crippen LogP contribution < -0.4 is 5.73 Å². The molecule has 1 atom stereocenters. The lowest BCUT2D eigenvalue weighted by Crippen LogP contribution is -2.35. The lowest BCUT2D eigenvalue weighted by atomic mass is 10.0. The van der Waals surface area contributed by atoms with Crippen molar-refractivity contribution in [2.75, 3.05) is 5.73 Å². The van der Waals surface area contributed by atoms with E-state index in [2.05, 4.69) is 0 Å². The normalized spacial score (nSPS) is 20.4. The van der Waals surface area contributed by atoms with E-state index < -0.39 is 6.04 Å². The molecule has 1 amide bonds. The van der Waals surface area contributed by atoms with Crippen LogP contribution >= 0.6 is 0 Å². The first-order chi connectivity index (χ1) is 8.00. The van der Waals surface area contributed by atoms with Crippen molar-refractivity contribution in [1.82, 2.24) is 4.90 Å². The van der Waals surface area contributed by atoms with Crippen LogP contribution in [0.1, 0.15) is 31.9 Å². The van der Waals surface area contributed by atoms with E-state index in [1.165, 1.54) is 0 Å². The van der Waals surface area contributed by atoms with Crippen LogP contribution in [-0.4, -0.2) is 22.6 Å². The van der Waals surface area contributed by atoms with Gasteiger partial charge in [0.1, 0.15) is 6.04 Å². The van der Waals surface area contributed by atoms with Gasteiger partial charge in [-0.2, -0.15) is 0 Å². The molecule has 2 rings (SSSR count). The molecule has 90 valence electrons. The minimum atomic E-state index is -0.442. The van der Waals surface area contributed by atoms with Gasteiger partial charge < -0.3 is 10.6 Å². The minimum absolute atomic E-state index is 0.00717. The van der Waals surface area contributed by atoms with Crippen LogP contribution in [0.2, 0.25) is 0 Å². The molecule has 17 heavy (non-hydrogen) atoms. The Morgan fingerprint density at radius 1 is 1.24 bits per heavy atom. The molecule has 1 aromatic carbocycles. The summed E-state index contributed by atoms with van der Waals surface area (Å²) in [6, 6.07) is 6.71. The number of ketones is 1. The van der Waals surface area contributed by atoms with Crippen molar-refractivity contribution in [2.45, 2.75) is 32.4 Å². The van der Waals surface area contributed by atoms with Gasteiger partial charge in [0.2, 0.25) is 5.91 Å². The molecular formula is C13H16N2O2. The molecule has 1 heterocycles. The zero-order valence-electron chi connectivity index (χ0n) is 10.0. The summed E-state index contributed by atoms with van der Waals surface area (Å²) in [4.78, 5) is 25.3. The van der Waals surface area contributed by atoms with Crippen LogP contribution in [0, 0.1) is 0 Å². The molecule has 2 N–H and O–H groups in total. The molecule has 4 heteroatoms. The third kappa shape index (κ3) is 2.02. The zero-order chi connectivity index (χ0) is 12.6. The molecule has 0 bridgehead atoms. The first kappa shape index (κ1) is 11.6. The van der Waals surface area contributed by atoms with Gasteiger partial charge in [-0.1, -0.05) is 12.1 Å². The Kier molecular flexibility index (Phi) is 2.88. The van der Waals surface area contributed by atoms with E-state index in [1.54, 1.807) is 17.0 Å². The van der Waals surface area contributed by atoms with E-state index >= 15 is 0 Å². The molecule has 1 fully saturated rings. The van der Waals surface area contributed by atoms with Gasteiger partial charge in [0, 0.05) is 11.7 Å². The van der Waals surface area contributed by atoms with Gasteiger partial charge in [0.15, 0.2) is 5.78 Å². The largest absolute Gasteiger partial charge is 0.399 e. The number of rotatable bonds is 2. The highest BCUT2D eigenvalue weighted by molar-refractivity contribution is 6.08. The van der Waals surface area contributed by atoms with Gasteiger partial charge in [0.05, 0.1) is 6.42 Å². The summed E-state index contributed by atoms with van der Waals surface area (Å²) in [7, 11) is 0. The zero-order valence-corrected chi connectivity index (χ0v) is 10.0. The topological polar surface area (TPSA) is 63.4 Å². The second-order valence-electron chi connectivity index (χ2n) is 4.61. The molecule has 0 aromatic heterocycles. The van der Waals surface area contributed by atoms with Gasteiger partial charge in [-0.25, -0.2) is 0 Å². The van der Waals surface area contributed by atoms with Gasteiger partial charge in [-0.3, -0.25) is 9.59 Å². The molecule has 4 nitrogen and oxygen atoms in total. The highest BCUT2D eigenvalue weighted by Crippen LogP contribution is 2.31. The number of nitrogens with two attached hydrogens (primary N) is 1. The van der Waals surface area contributed by atoms with E-state index in [0.29, 0.717) is 5.69 Å². The summed E-state index contributed by atoms with van der Waals surface area (Å²) >= 11 is 0. The maximum atomic E-state index is 11.9. The minimum Gasteiger partial charge on any atom is -0.399 e.